The molecule has 1 heterocycles. The van der Waals surface area contributed by atoms with Crippen molar-refractivity contribution in [1.29, 1.82) is 5.26 Å². The normalized spacial score (nSPS) is 18.4. The average Bonchev–Trinajstić information content (AvgIpc) is 2.59. The molecule has 1 amide bonds. The van der Waals surface area contributed by atoms with E-state index in [1.807, 2.05) is 0 Å². The molecule has 136 valence electrons. The van der Waals surface area contributed by atoms with Gasteiger partial charge in [0.15, 0.2) is 0 Å². The SMILES string of the molecule is CC(C)C(=O)N1CCN(c2ccc(C#N)c(C(F)(F)F)c2)C(CO)C1. The Balaban J connectivity index is 2.30. The van der Waals surface area contributed by atoms with Crippen LogP contribution in [0.1, 0.15) is 25.0 Å². The van der Waals surface area contributed by atoms with Gasteiger partial charge >= 0.3 is 6.18 Å². The van der Waals surface area contributed by atoms with E-state index in [1.165, 1.54) is 6.07 Å². The number of aliphatic hydroxyl groups is 1. The Morgan fingerprint density at radius 1 is 1.40 bits per heavy atom. The van der Waals surface area contributed by atoms with Crippen molar-refractivity contribution < 1.29 is 23.1 Å². The molecule has 25 heavy (non-hydrogen) atoms. The fourth-order valence-electron chi connectivity index (χ4n) is 2.96. The molecule has 1 aromatic carbocycles. The fraction of sp³-hybridized carbons (Fsp3) is 0.529. The summed E-state index contributed by atoms with van der Waals surface area (Å²) in [6.07, 6.45) is -4.63. The molecule has 1 saturated heterocycles. The summed E-state index contributed by atoms with van der Waals surface area (Å²) in [6.45, 7) is 4.19. The molecule has 1 aliphatic rings. The molecule has 0 radical (unpaired) electrons. The third kappa shape index (κ3) is 4.04. The Labute approximate surface area is 144 Å². The molecule has 0 aromatic heterocycles. The van der Waals surface area contributed by atoms with Gasteiger partial charge in [-0.2, -0.15) is 18.4 Å². The third-order valence-electron chi connectivity index (χ3n) is 4.26. The first-order valence-electron chi connectivity index (χ1n) is 7.96. The average molecular weight is 355 g/mol. The highest BCUT2D eigenvalue weighted by atomic mass is 19.4. The number of carbonyl (C=O) groups excluding carboxylic acids is 1. The van der Waals surface area contributed by atoms with E-state index in [2.05, 4.69) is 0 Å². The second kappa shape index (κ2) is 7.31. The zero-order valence-electron chi connectivity index (χ0n) is 14.0. The molecule has 1 aromatic rings. The van der Waals surface area contributed by atoms with E-state index in [9.17, 15) is 23.1 Å². The van der Waals surface area contributed by atoms with Gasteiger partial charge in [-0.05, 0) is 18.2 Å². The second-order valence-electron chi connectivity index (χ2n) is 6.31. The Bertz CT molecular complexity index is 683. The predicted molar refractivity (Wildman–Crippen MR) is 85.8 cm³/mol. The minimum absolute atomic E-state index is 0.0473. The lowest BCUT2D eigenvalue weighted by Gasteiger charge is -2.42. The third-order valence-corrected chi connectivity index (χ3v) is 4.26. The monoisotopic (exact) mass is 355 g/mol. The van der Waals surface area contributed by atoms with Crippen molar-refractivity contribution >= 4 is 11.6 Å². The maximum Gasteiger partial charge on any atom is 0.417 e. The summed E-state index contributed by atoms with van der Waals surface area (Å²) in [7, 11) is 0. The number of alkyl halides is 3. The van der Waals surface area contributed by atoms with Crippen molar-refractivity contribution in [2.75, 3.05) is 31.1 Å². The summed E-state index contributed by atoms with van der Waals surface area (Å²) >= 11 is 0. The van der Waals surface area contributed by atoms with Gasteiger partial charge in [0.25, 0.3) is 0 Å². The molecular formula is C17H20F3N3O2. The van der Waals surface area contributed by atoms with Crippen molar-refractivity contribution in [3.63, 3.8) is 0 Å². The maximum absolute atomic E-state index is 13.1. The number of benzene rings is 1. The summed E-state index contributed by atoms with van der Waals surface area (Å²) in [5.41, 5.74) is -1.16. The number of rotatable bonds is 3. The van der Waals surface area contributed by atoms with Crippen LogP contribution < -0.4 is 4.90 Å². The summed E-state index contributed by atoms with van der Waals surface area (Å²) in [4.78, 5) is 15.4. The summed E-state index contributed by atoms with van der Waals surface area (Å²) in [5, 5.41) is 18.5. The van der Waals surface area contributed by atoms with Gasteiger partial charge < -0.3 is 14.9 Å². The molecular weight excluding hydrogens is 335 g/mol. The van der Waals surface area contributed by atoms with Crippen LogP contribution in [0.15, 0.2) is 18.2 Å². The van der Waals surface area contributed by atoms with Gasteiger partial charge in [0.05, 0.1) is 29.8 Å². The minimum atomic E-state index is -4.63. The smallest absolute Gasteiger partial charge is 0.394 e. The summed E-state index contributed by atoms with van der Waals surface area (Å²) in [6, 6.07) is 4.57. The Morgan fingerprint density at radius 2 is 2.08 bits per heavy atom. The number of amides is 1. The zero-order chi connectivity index (χ0) is 18.8. The highest BCUT2D eigenvalue weighted by Gasteiger charge is 2.36. The lowest BCUT2D eigenvalue weighted by Crippen LogP contribution is -2.57. The van der Waals surface area contributed by atoms with E-state index in [0.29, 0.717) is 13.1 Å². The van der Waals surface area contributed by atoms with Crippen molar-refractivity contribution in [2.45, 2.75) is 26.1 Å². The van der Waals surface area contributed by atoms with Gasteiger partial charge in [0.2, 0.25) is 5.91 Å². The summed E-state index contributed by atoms with van der Waals surface area (Å²) < 4.78 is 39.4. The van der Waals surface area contributed by atoms with E-state index >= 15 is 0 Å². The molecule has 0 saturated carbocycles. The van der Waals surface area contributed by atoms with Gasteiger partial charge in [0, 0.05) is 31.2 Å². The van der Waals surface area contributed by atoms with Gasteiger partial charge in [0.1, 0.15) is 0 Å². The van der Waals surface area contributed by atoms with Crippen LogP contribution in [0.2, 0.25) is 0 Å². The van der Waals surface area contributed by atoms with Crippen LogP contribution in [0.5, 0.6) is 0 Å². The first kappa shape index (κ1) is 19.1. The number of carbonyl (C=O) groups is 1. The number of nitriles is 1. The quantitative estimate of drug-likeness (QED) is 0.903. The summed E-state index contributed by atoms with van der Waals surface area (Å²) in [5.74, 6) is -0.230. The van der Waals surface area contributed by atoms with Crippen LogP contribution in [0.3, 0.4) is 0 Å². The van der Waals surface area contributed by atoms with Gasteiger partial charge in [-0.15, -0.1) is 0 Å². The standard InChI is InChI=1S/C17H20F3N3O2/c1-11(2)16(25)22-5-6-23(14(9-22)10-24)13-4-3-12(8-21)15(7-13)17(18,19)20/h3-4,7,11,14,24H,5-6,9-10H2,1-2H3. The van der Waals surface area contributed by atoms with Crippen LogP contribution in [0.25, 0.3) is 0 Å². The molecule has 1 aliphatic heterocycles. The molecule has 1 unspecified atom stereocenters. The first-order chi connectivity index (χ1) is 11.7. The second-order valence-corrected chi connectivity index (χ2v) is 6.31. The van der Waals surface area contributed by atoms with Gasteiger partial charge in [-0.1, -0.05) is 13.8 Å². The largest absolute Gasteiger partial charge is 0.417 e. The van der Waals surface area contributed by atoms with Crippen molar-refractivity contribution in [2.24, 2.45) is 5.92 Å². The number of anilines is 1. The molecule has 8 heteroatoms. The Hall–Kier alpha value is -2.27. The van der Waals surface area contributed by atoms with Crippen molar-refractivity contribution in [3.05, 3.63) is 29.3 Å². The lowest BCUT2D eigenvalue weighted by atomic mass is 10.0. The Morgan fingerprint density at radius 3 is 2.60 bits per heavy atom. The van der Waals surface area contributed by atoms with E-state index in [0.717, 1.165) is 12.1 Å². The van der Waals surface area contributed by atoms with E-state index in [1.54, 1.807) is 29.7 Å². The molecule has 0 bridgehead atoms. The van der Waals surface area contributed by atoms with Crippen molar-refractivity contribution in [3.8, 4) is 6.07 Å². The highest BCUT2D eigenvalue weighted by Crippen LogP contribution is 2.35. The van der Waals surface area contributed by atoms with E-state index in [4.69, 9.17) is 5.26 Å². The predicted octanol–water partition coefficient (Wildman–Crippen LogP) is 2.24. The molecule has 1 atom stereocenters. The number of hydrogen-bond acceptors (Lipinski definition) is 4. The fourth-order valence-corrected chi connectivity index (χ4v) is 2.96. The van der Waals surface area contributed by atoms with Gasteiger partial charge in [-0.3, -0.25) is 4.79 Å². The molecule has 5 nitrogen and oxygen atoms in total. The van der Waals surface area contributed by atoms with Crippen LogP contribution >= 0.6 is 0 Å². The molecule has 0 aliphatic carbocycles. The van der Waals surface area contributed by atoms with E-state index in [-0.39, 0.29) is 30.7 Å². The minimum Gasteiger partial charge on any atom is -0.394 e. The van der Waals surface area contributed by atoms with Crippen LogP contribution in [-0.4, -0.2) is 48.2 Å². The maximum atomic E-state index is 13.1. The first-order valence-corrected chi connectivity index (χ1v) is 7.96. The highest BCUT2D eigenvalue weighted by molar-refractivity contribution is 5.78. The van der Waals surface area contributed by atoms with Crippen molar-refractivity contribution in [1.82, 2.24) is 4.90 Å². The number of halogens is 3. The van der Waals surface area contributed by atoms with E-state index < -0.39 is 23.3 Å². The number of piperazine rings is 1. The van der Waals surface area contributed by atoms with Gasteiger partial charge in [-0.25, -0.2) is 0 Å². The number of aliphatic hydroxyl groups excluding tert-OH is 1. The molecule has 2 rings (SSSR count). The number of hydrogen-bond donors (Lipinski definition) is 1. The zero-order valence-corrected chi connectivity index (χ0v) is 14.0. The Kier molecular flexibility index (Phi) is 5.58. The topological polar surface area (TPSA) is 67.6 Å². The lowest BCUT2D eigenvalue weighted by molar-refractivity contribution is -0.137. The molecule has 1 fully saturated rings. The molecule has 0 spiro atoms. The molecule has 1 N–H and O–H groups in total. The van der Waals surface area contributed by atoms with Crippen LogP contribution in [-0.2, 0) is 11.0 Å². The van der Waals surface area contributed by atoms with Crippen LogP contribution in [0, 0.1) is 17.2 Å². The number of nitrogens with zero attached hydrogens (tertiary/aromatic N) is 3. The van der Waals surface area contributed by atoms with Crippen LogP contribution in [0.4, 0.5) is 18.9 Å².